The molecule has 0 saturated carbocycles. The standard InChI is InChI=1S/C23H26N6O4/c1-13(2)29-10-15-8-14(5-6-17(15)27-18(23(29)33)9-20(30)31)21(32)16(24)11-28-12-26-22-19(28)4-3-7-25-22/h3-8,12-13,16,18,27H,9-11,24H2,1-2H3,(H,30,31). The molecule has 0 aliphatic carbocycles. The maximum absolute atomic E-state index is 13.1. The quantitative estimate of drug-likeness (QED) is 0.461. The van der Waals surface area contributed by atoms with Gasteiger partial charge in [0, 0.05) is 36.6 Å². The van der Waals surface area contributed by atoms with E-state index in [1.807, 2.05) is 19.9 Å². The number of nitrogens with two attached hydrogens (primary N) is 1. The third-order valence-corrected chi connectivity index (χ3v) is 5.77. The highest BCUT2D eigenvalue weighted by Gasteiger charge is 2.32. The molecule has 2 aromatic heterocycles. The van der Waals surface area contributed by atoms with Crippen LogP contribution in [0.3, 0.4) is 0 Å². The third-order valence-electron chi connectivity index (χ3n) is 5.77. The normalized spacial score (nSPS) is 16.9. The number of hydrogen-bond acceptors (Lipinski definition) is 7. The molecule has 2 atom stereocenters. The van der Waals surface area contributed by atoms with Gasteiger partial charge in [-0.1, -0.05) is 0 Å². The van der Waals surface area contributed by atoms with Crippen molar-refractivity contribution in [3.8, 4) is 0 Å². The average Bonchev–Trinajstić information content (AvgIpc) is 3.12. The van der Waals surface area contributed by atoms with Crippen LogP contribution in [0.2, 0.25) is 0 Å². The second-order valence-electron chi connectivity index (χ2n) is 8.44. The van der Waals surface area contributed by atoms with Gasteiger partial charge in [0.2, 0.25) is 5.91 Å². The summed E-state index contributed by atoms with van der Waals surface area (Å²) in [5.41, 5.74) is 9.43. The molecule has 1 aliphatic rings. The number of anilines is 1. The summed E-state index contributed by atoms with van der Waals surface area (Å²) >= 11 is 0. The van der Waals surface area contributed by atoms with Crippen LogP contribution in [0.15, 0.2) is 42.9 Å². The Hall–Kier alpha value is -3.79. The molecule has 0 bridgehead atoms. The van der Waals surface area contributed by atoms with E-state index >= 15 is 0 Å². The molecule has 1 amide bonds. The van der Waals surface area contributed by atoms with Crippen LogP contribution in [-0.2, 0) is 22.7 Å². The van der Waals surface area contributed by atoms with Gasteiger partial charge >= 0.3 is 5.97 Å². The lowest BCUT2D eigenvalue weighted by atomic mass is 10.0. The second-order valence-corrected chi connectivity index (χ2v) is 8.44. The van der Waals surface area contributed by atoms with Crippen molar-refractivity contribution in [1.82, 2.24) is 19.4 Å². The molecule has 0 spiro atoms. The number of pyridine rings is 1. The van der Waals surface area contributed by atoms with Crippen LogP contribution < -0.4 is 11.1 Å². The van der Waals surface area contributed by atoms with Crippen molar-refractivity contribution in [1.29, 1.82) is 0 Å². The number of benzene rings is 1. The number of carboxylic acid groups (broad SMARTS) is 1. The van der Waals surface area contributed by atoms with Crippen molar-refractivity contribution >= 4 is 34.5 Å². The van der Waals surface area contributed by atoms with Gasteiger partial charge in [0.15, 0.2) is 11.4 Å². The van der Waals surface area contributed by atoms with E-state index in [4.69, 9.17) is 5.73 Å². The zero-order valence-electron chi connectivity index (χ0n) is 18.4. The van der Waals surface area contributed by atoms with Crippen molar-refractivity contribution in [2.24, 2.45) is 5.73 Å². The summed E-state index contributed by atoms with van der Waals surface area (Å²) in [7, 11) is 0. The number of carbonyl (C=O) groups is 3. The highest BCUT2D eigenvalue weighted by atomic mass is 16.4. The Morgan fingerprint density at radius 2 is 2.06 bits per heavy atom. The average molecular weight is 450 g/mol. The number of nitrogens with one attached hydrogen (secondary N) is 1. The van der Waals surface area contributed by atoms with Gasteiger partial charge in [-0.05, 0) is 49.7 Å². The van der Waals surface area contributed by atoms with E-state index in [9.17, 15) is 19.5 Å². The van der Waals surface area contributed by atoms with Crippen LogP contribution in [-0.4, -0.2) is 60.3 Å². The zero-order chi connectivity index (χ0) is 23.7. The fourth-order valence-corrected chi connectivity index (χ4v) is 4.03. The Kier molecular flexibility index (Phi) is 6.10. The lowest BCUT2D eigenvalue weighted by Crippen LogP contribution is -2.44. The Labute approximate surface area is 190 Å². The Bertz CT molecular complexity index is 1220. The topological polar surface area (TPSA) is 143 Å². The van der Waals surface area contributed by atoms with E-state index in [0.29, 0.717) is 16.9 Å². The van der Waals surface area contributed by atoms with E-state index in [-0.39, 0.29) is 37.2 Å². The summed E-state index contributed by atoms with van der Waals surface area (Å²) in [5, 5.41) is 12.3. The number of imidazole rings is 1. The molecule has 10 nitrogen and oxygen atoms in total. The van der Waals surface area contributed by atoms with Gasteiger partial charge in [0.05, 0.1) is 24.3 Å². The molecule has 3 aromatic rings. The van der Waals surface area contributed by atoms with Gasteiger partial charge in [-0.3, -0.25) is 14.4 Å². The number of rotatable bonds is 7. The van der Waals surface area contributed by atoms with Gasteiger partial charge < -0.3 is 25.6 Å². The summed E-state index contributed by atoms with van der Waals surface area (Å²) < 4.78 is 1.80. The van der Waals surface area contributed by atoms with Crippen LogP contribution in [0.5, 0.6) is 0 Å². The number of aromatic nitrogens is 3. The van der Waals surface area contributed by atoms with Crippen molar-refractivity contribution in [2.75, 3.05) is 5.32 Å². The predicted molar refractivity (Wildman–Crippen MR) is 122 cm³/mol. The summed E-state index contributed by atoms with van der Waals surface area (Å²) in [6, 6.07) is 6.93. The van der Waals surface area contributed by atoms with E-state index in [1.165, 1.54) is 0 Å². The Morgan fingerprint density at radius 1 is 1.27 bits per heavy atom. The lowest BCUT2D eigenvalue weighted by Gasteiger charge is -2.27. The molecule has 33 heavy (non-hydrogen) atoms. The maximum atomic E-state index is 13.1. The number of Topliss-reactive ketones (excluding diaryl/α,β-unsaturated/α-hetero) is 1. The Morgan fingerprint density at radius 3 is 2.79 bits per heavy atom. The highest BCUT2D eigenvalue weighted by molar-refractivity contribution is 6.01. The molecule has 172 valence electrons. The van der Waals surface area contributed by atoms with E-state index < -0.39 is 18.1 Å². The van der Waals surface area contributed by atoms with Gasteiger partial charge in [0.1, 0.15) is 6.04 Å². The van der Waals surface area contributed by atoms with Crippen LogP contribution in [0, 0.1) is 0 Å². The van der Waals surface area contributed by atoms with Crippen LogP contribution >= 0.6 is 0 Å². The summed E-state index contributed by atoms with van der Waals surface area (Å²) in [5.74, 6) is -1.58. The lowest BCUT2D eigenvalue weighted by molar-refractivity contribution is -0.142. The van der Waals surface area contributed by atoms with Crippen molar-refractivity contribution < 1.29 is 19.5 Å². The molecular formula is C23H26N6O4. The molecule has 0 fully saturated rings. The van der Waals surface area contributed by atoms with Crippen LogP contribution in [0.25, 0.3) is 11.2 Å². The maximum Gasteiger partial charge on any atom is 0.305 e. The predicted octanol–water partition coefficient (Wildman–Crippen LogP) is 1.65. The minimum absolute atomic E-state index is 0.133. The summed E-state index contributed by atoms with van der Waals surface area (Å²) in [6.07, 6.45) is 2.93. The minimum atomic E-state index is -1.06. The molecule has 0 radical (unpaired) electrons. The monoisotopic (exact) mass is 450 g/mol. The smallest absolute Gasteiger partial charge is 0.305 e. The summed E-state index contributed by atoms with van der Waals surface area (Å²) in [6.45, 7) is 4.25. The van der Waals surface area contributed by atoms with Crippen LogP contribution in [0.1, 0.15) is 36.2 Å². The molecule has 0 saturated heterocycles. The number of fused-ring (bicyclic) bond motifs is 2. The molecular weight excluding hydrogens is 424 g/mol. The van der Waals surface area contributed by atoms with Gasteiger partial charge in [-0.15, -0.1) is 0 Å². The second kappa shape index (κ2) is 8.99. The summed E-state index contributed by atoms with van der Waals surface area (Å²) in [4.78, 5) is 47.3. The van der Waals surface area contributed by atoms with Gasteiger partial charge in [0.25, 0.3) is 0 Å². The van der Waals surface area contributed by atoms with E-state index in [0.717, 1.165) is 11.1 Å². The van der Waals surface area contributed by atoms with Crippen molar-refractivity contribution in [3.63, 3.8) is 0 Å². The minimum Gasteiger partial charge on any atom is -0.481 e. The number of nitrogens with zero attached hydrogens (tertiary/aromatic N) is 4. The number of ketones is 1. The molecule has 1 aromatic carbocycles. The van der Waals surface area contributed by atoms with Crippen LogP contribution in [0.4, 0.5) is 5.69 Å². The number of carboxylic acids is 1. The molecule has 3 heterocycles. The van der Waals surface area contributed by atoms with E-state index in [2.05, 4.69) is 15.3 Å². The SMILES string of the molecule is CC(C)N1Cc2cc(C(=O)C(N)Cn3cnc4ncccc43)ccc2NC(CC(=O)O)C1=O. The molecule has 4 rings (SSSR count). The first kappa shape index (κ1) is 22.4. The zero-order valence-corrected chi connectivity index (χ0v) is 18.4. The molecule has 10 heteroatoms. The van der Waals surface area contributed by atoms with Crippen molar-refractivity contribution in [3.05, 3.63) is 54.0 Å². The van der Waals surface area contributed by atoms with Gasteiger partial charge in [-0.25, -0.2) is 9.97 Å². The first-order valence-corrected chi connectivity index (χ1v) is 10.7. The van der Waals surface area contributed by atoms with E-state index in [1.54, 1.807) is 46.3 Å². The number of carbonyl (C=O) groups excluding carboxylic acids is 2. The number of aliphatic carboxylic acids is 1. The molecule has 2 unspecified atom stereocenters. The van der Waals surface area contributed by atoms with Gasteiger partial charge in [-0.2, -0.15) is 0 Å². The largest absolute Gasteiger partial charge is 0.481 e. The molecule has 4 N–H and O–H groups in total. The van der Waals surface area contributed by atoms with Crippen molar-refractivity contribution in [2.45, 2.75) is 51.5 Å². The fraction of sp³-hybridized carbons (Fsp3) is 0.348. The fourth-order valence-electron chi connectivity index (χ4n) is 4.03. The third kappa shape index (κ3) is 4.56. The molecule has 1 aliphatic heterocycles. The number of hydrogen-bond donors (Lipinski definition) is 3. The first-order chi connectivity index (χ1) is 15.7. The highest BCUT2D eigenvalue weighted by Crippen LogP contribution is 2.27. The Balaban J connectivity index is 1.59. The first-order valence-electron chi connectivity index (χ1n) is 10.7. The number of amides is 1.